The maximum Gasteiger partial charge on any atom is 0.0443 e. The van der Waals surface area contributed by atoms with E-state index in [9.17, 15) is 0 Å². The third-order valence-corrected chi connectivity index (χ3v) is 2.59. The molecule has 0 saturated carbocycles. The van der Waals surface area contributed by atoms with Crippen molar-refractivity contribution in [3.63, 3.8) is 0 Å². The molecule has 1 rings (SSSR count). The van der Waals surface area contributed by atoms with Crippen molar-refractivity contribution < 1.29 is 0 Å². The van der Waals surface area contributed by atoms with E-state index in [2.05, 4.69) is 23.5 Å². The van der Waals surface area contributed by atoms with Gasteiger partial charge >= 0.3 is 0 Å². The minimum atomic E-state index is 0.541. The van der Waals surface area contributed by atoms with Crippen LogP contribution in [0.1, 0.15) is 5.56 Å². The van der Waals surface area contributed by atoms with Crippen molar-refractivity contribution >= 4 is 11.6 Å². The van der Waals surface area contributed by atoms with Gasteiger partial charge in [0.1, 0.15) is 0 Å². The van der Waals surface area contributed by atoms with Crippen LogP contribution in [-0.2, 0) is 6.42 Å². The van der Waals surface area contributed by atoms with Gasteiger partial charge in [0.25, 0.3) is 0 Å². The van der Waals surface area contributed by atoms with Gasteiger partial charge in [-0.15, -0.1) is 11.6 Å². The highest BCUT2D eigenvalue weighted by Crippen LogP contribution is 2.01. The normalized spacial score (nSPS) is 10.6. The smallest absolute Gasteiger partial charge is 0.0443 e. The summed E-state index contributed by atoms with van der Waals surface area (Å²) >= 11 is 5.68. The zero-order chi connectivity index (χ0) is 11.1. The summed E-state index contributed by atoms with van der Waals surface area (Å²) in [5.41, 5.74) is 2.38. The van der Waals surface area contributed by atoms with Gasteiger partial charge in [-0.3, -0.25) is 4.98 Å². The van der Waals surface area contributed by atoms with Crippen LogP contribution in [0.3, 0.4) is 0 Å². The number of alkyl halides is 1. The van der Waals surface area contributed by atoms with E-state index in [1.54, 1.807) is 0 Å². The lowest BCUT2D eigenvalue weighted by Crippen LogP contribution is -2.23. The maximum absolute atomic E-state index is 5.68. The molecule has 0 unspecified atom stereocenters. The number of rotatable bonds is 6. The molecule has 0 spiro atoms. The Morgan fingerprint density at radius 3 is 2.73 bits per heavy atom. The van der Waals surface area contributed by atoms with E-state index in [0.29, 0.717) is 5.88 Å². The Kier molecular flexibility index (Phi) is 5.37. The van der Waals surface area contributed by atoms with Crippen LogP contribution in [0.15, 0.2) is 36.7 Å². The van der Waals surface area contributed by atoms with Gasteiger partial charge in [-0.1, -0.05) is 6.58 Å². The molecule has 0 aliphatic carbocycles. The van der Waals surface area contributed by atoms with Gasteiger partial charge in [0.2, 0.25) is 0 Å². The average molecular weight is 225 g/mol. The van der Waals surface area contributed by atoms with Gasteiger partial charge in [-0.05, 0) is 36.7 Å². The molecule has 0 saturated heterocycles. The largest absolute Gasteiger partial charge is 0.302 e. The summed E-state index contributed by atoms with van der Waals surface area (Å²) in [5, 5.41) is 0. The molecule has 0 atom stereocenters. The monoisotopic (exact) mass is 224 g/mol. The second kappa shape index (κ2) is 6.59. The number of aromatic nitrogens is 1. The number of nitrogens with zero attached hydrogens (tertiary/aromatic N) is 2. The molecule has 3 heteroatoms. The summed E-state index contributed by atoms with van der Waals surface area (Å²) in [4.78, 5) is 6.22. The van der Waals surface area contributed by atoms with E-state index in [-0.39, 0.29) is 0 Å². The van der Waals surface area contributed by atoms with Crippen molar-refractivity contribution in [3.05, 3.63) is 42.2 Å². The van der Waals surface area contributed by atoms with E-state index in [0.717, 1.165) is 25.1 Å². The highest BCUT2D eigenvalue weighted by atomic mass is 35.5. The van der Waals surface area contributed by atoms with Crippen LogP contribution in [0.5, 0.6) is 0 Å². The van der Waals surface area contributed by atoms with Crippen molar-refractivity contribution in [1.29, 1.82) is 0 Å². The molecule has 0 aliphatic rings. The van der Waals surface area contributed by atoms with Gasteiger partial charge in [0.15, 0.2) is 0 Å². The highest BCUT2D eigenvalue weighted by Gasteiger charge is 2.00. The van der Waals surface area contributed by atoms with Crippen LogP contribution in [0.25, 0.3) is 0 Å². The zero-order valence-electron chi connectivity index (χ0n) is 9.12. The summed E-state index contributed by atoms with van der Waals surface area (Å²) in [6, 6.07) is 4.09. The molecule has 0 N–H and O–H groups in total. The first-order chi connectivity index (χ1) is 7.22. The first-order valence-corrected chi connectivity index (χ1v) is 5.56. The molecule has 0 amide bonds. The average Bonchev–Trinajstić information content (AvgIpc) is 2.27. The summed E-state index contributed by atoms with van der Waals surface area (Å²) in [5.74, 6) is 0.541. The molecule has 1 aromatic heterocycles. The van der Waals surface area contributed by atoms with E-state index >= 15 is 0 Å². The van der Waals surface area contributed by atoms with Crippen molar-refractivity contribution in [2.45, 2.75) is 6.42 Å². The van der Waals surface area contributed by atoms with Crippen molar-refractivity contribution in [2.75, 3.05) is 26.0 Å². The SMILES string of the molecule is C=C(CCl)CN(C)CCc1ccncc1. The lowest BCUT2D eigenvalue weighted by molar-refractivity contribution is 0.367. The molecule has 0 fully saturated rings. The van der Waals surface area contributed by atoms with Crippen molar-refractivity contribution in [1.82, 2.24) is 9.88 Å². The van der Waals surface area contributed by atoms with E-state index in [4.69, 9.17) is 11.6 Å². The molecule has 1 heterocycles. The van der Waals surface area contributed by atoms with E-state index < -0.39 is 0 Å². The zero-order valence-corrected chi connectivity index (χ0v) is 9.87. The molecular weight excluding hydrogens is 208 g/mol. The van der Waals surface area contributed by atoms with Gasteiger partial charge in [-0.2, -0.15) is 0 Å². The highest BCUT2D eigenvalue weighted by molar-refractivity contribution is 6.19. The summed E-state index contributed by atoms with van der Waals surface area (Å²) in [7, 11) is 2.08. The number of hydrogen-bond acceptors (Lipinski definition) is 2. The Labute approximate surface area is 96.6 Å². The molecule has 0 radical (unpaired) electrons. The Morgan fingerprint density at radius 1 is 1.47 bits per heavy atom. The Hall–Kier alpha value is -0.860. The van der Waals surface area contributed by atoms with Gasteiger partial charge in [-0.25, -0.2) is 0 Å². The molecule has 15 heavy (non-hydrogen) atoms. The maximum atomic E-state index is 5.68. The van der Waals surface area contributed by atoms with Crippen LogP contribution in [0, 0.1) is 0 Å². The van der Waals surface area contributed by atoms with E-state index in [1.807, 2.05) is 24.5 Å². The number of hydrogen-bond donors (Lipinski definition) is 0. The van der Waals surface area contributed by atoms with E-state index in [1.165, 1.54) is 5.56 Å². The molecule has 82 valence electrons. The fourth-order valence-electron chi connectivity index (χ4n) is 1.37. The van der Waals surface area contributed by atoms with Crippen LogP contribution < -0.4 is 0 Å². The van der Waals surface area contributed by atoms with Crippen LogP contribution >= 0.6 is 11.6 Å². The van der Waals surface area contributed by atoms with Crippen molar-refractivity contribution in [2.24, 2.45) is 0 Å². The Morgan fingerprint density at radius 2 is 2.13 bits per heavy atom. The fraction of sp³-hybridized carbons (Fsp3) is 0.417. The Bertz CT molecular complexity index is 298. The van der Waals surface area contributed by atoms with Crippen molar-refractivity contribution in [3.8, 4) is 0 Å². The summed E-state index contributed by atoms with van der Waals surface area (Å²) in [6.07, 6.45) is 4.69. The lowest BCUT2D eigenvalue weighted by atomic mass is 10.2. The molecule has 0 aromatic carbocycles. The first kappa shape index (κ1) is 12.2. The molecule has 2 nitrogen and oxygen atoms in total. The topological polar surface area (TPSA) is 16.1 Å². The van der Waals surface area contributed by atoms with Gasteiger partial charge < -0.3 is 4.90 Å². The lowest BCUT2D eigenvalue weighted by Gasteiger charge is -2.16. The van der Waals surface area contributed by atoms with Crippen LogP contribution in [0.4, 0.5) is 0 Å². The number of pyridine rings is 1. The molecule has 0 aliphatic heterocycles. The third kappa shape index (κ3) is 4.96. The van der Waals surface area contributed by atoms with Gasteiger partial charge in [0.05, 0.1) is 0 Å². The number of likely N-dealkylation sites (N-methyl/N-ethyl adjacent to an activating group) is 1. The quantitative estimate of drug-likeness (QED) is 0.545. The van der Waals surface area contributed by atoms with Crippen LogP contribution in [0.2, 0.25) is 0 Å². The summed E-state index contributed by atoms with van der Waals surface area (Å²) < 4.78 is 0. The first-order valence-electron chi connectivity index (χ1n) is 5.02. The minimum absolute atomic E-state index is 0.541. The molecular formula is C12H17ClN2. The molecule has 1 aromatic rings. The third-order valence-electron chi connectivity index (χ3n) is 2.21. The standard InChI is InChI=1S/C12H17ClN2/c1-11(9-13)10-15(2)8-5-12-3-6-14-7-4-12/h3-4,6-7H,1,5,8-10H2,2H3. The van der Waals surface area contributed by atoms with Crippen LogP contribution in [-0.4, -0.2) is 35.9 Å². The fourth-order valence-corrected chi connectivity index (χ4v) is 1.46. The second-order valence-corrected chi connectivity index (χ2v) is 3.99. The summed E-state index contributed by atoms with van der Waals surface area (Å²) in [6.45, 7) is 5.77. The predicted octanol–water partition coefficient (Wildman–Crippen LogP) is 2.35. The molecule has 0 bridgehead atoms. The number of halogens is 1. The Balaban J connectivity index is 2.28. The predicted molar refractivity (Wildman–Crippen MR) is 65.3 cm³/mol. The van der Waals surface area contributed by atoms with Gasteiger partial charge in [0, 0.05) is 31.4 Å². The second-order valence-electron chi connectivity index (χ2n) is 3.73. The minimum Gasteiger partial charge on any atom is -0.302 e.